The summed E-state index contributed by atoms with van der Waals surface area (Å²) in [4.78, 5) is 28.3. The van der Waals surface area contributed by atoms with Gasteiger partial charge in [0.1, 0.15) is 17.7 Å². The maximum absolute atomic E-state index is 15.6. The molecule has 0 radical (unpaired) electrons. The number of pyridine rings is 1. The van der Waals surface area contributed by atoms with Crippen LogP contribution in [-0.4, -0.2) is 56.8 Å². The van der Waals surface area contributed by atoms with Crippen LogP contribution in [0.25, 0.3) is 11.0 Å². The van der Waals surface area contributed by atoms with E-state index in [2.05, 4.69) is 31.2 Å². The molecule has 37 heavy (non-hydrogen) atoms. The number of carbonyl (C=O) groups is 1. The van der Waals surface area contributed by atoms with E-state index in [0.29, 0.717) is 43.2 Å². The van der Waals surface area contributed by atoms with Crippen molar-refractivity contribution in [2.75, 3.05) is 24.6 Å². The number of nitrogens with zero attached hydrogens (tertiary/aromatic N) is 6. The number of hydrogen-bond acceptors (Lipinski definition) is 8. The fourth-order valence-electron chi connectivity index (χ4n) is 6.45. The van der Waals surface area contributed by atoms with Gasteiger partial charge < -0.3 is 9.64 Å². The zero-order chi connectivity index (χ0) is 25.1. The Bertz CT molecular complexity index is 1400. The number of H-pyrrole nitrogens is 1. The smallest absolute Gasteiger partial charge is 0.319 e. The number of hydrogen-bond donors (Lipinski definition) is 1. The van der Waals surface area contributed by atoms with E-state index in [9.17, 15) is 4.79 Å². The van der Waals surface area contributed by atoms with Gasteiger partial charge in [-0.05, 0) is 55.6 Å². The minimum Gasteiger partial charge on any atom is -0.463 e. The zero-order valence-corrected chi connectivity index (χ0v) is 20.4. The molecule has 190 valence electrons. The SMILES string of the molecule is N#C[C@@H]1C[C@@H]1COc1nc(C(=O)CC23CC(C2)C3)cc(N2CCC(c3[nH]nc4ncccc34)C(F)C2)n1. The molecule has 2 unspecified atom stereocenters. The number of aromatic nitrogens is 5. The minimum atomic E-state index is -1.15. The van der Waals surface area contributed by atoms with Crippen molar-refractivity contribution in [2.24, 2.45) is 23.2 Å². The van der Waals surface area contributed by atoms with Crippen LogP contribution in [0.2, 0.25) is 0 Å². The van der Waals surface area contributed by atoms with Crippen LogP contribution < -0.4 is 9.64 Å². The van der Waals surface area contributed by atoms with Crippen molar-refractivity contribution in [3.8, 4) is 12.1 Å². The average Bonchev–Trinajstić information content (AvgIpc) is 3.51. The molecular weight excluding hydrogens is 473 g/mol. The van der Waals surface area contributed by atoms with Crippen LogP contribution in [0.15, 0.2) is 24.4 Å². The van der Waals surface area contributed by atoms with E-state index in [1.165, 1.54) is 0 Å². The monoisotopic (exact) mass is 501 g/mol. The van der Waals surface area contributed by atoms with E-state index >= 15 is 4.39 Å². The molecule has 4 saturated carbocycles. The van der Waals surface area contributed by atoms with Crippen LogP contribution in [0, 0.1) is 34.5 Å². The average molecular weight is 502 g/mol. The number of rotatable bonds is 8. The van der Waals surface area contributed by atoms with E-state index in [1.807, 2.05) is 17.0 Å². The molecule has 3 aromatic heterocycles. The van der Waals surface area contributed by atoms with Gasteiger partial charge in [0.2, 0.25) is 0 Å². The first-order valence-corrected chi connectivity index (χ1v) is 13.1. The van der Waals surface area contributed by atoms with Crippen molar-refractivity contribution in [1.29, 1.82) is 5.26 Å². The molecule has 3 aromatic rings. The van der Waals surface area contributed by atoms with Gasteiger partial charge in [-0.15, -0.1) is 0 Å². The molecule has 1 N–H and O–H groups in total. The molecule has 4 atom stereocenters. The molecular formula is C27H28FN7O2. The lowest BCUT2D eigenvalue weighted by Gasteiger charge is -2.61. The lowest BCUT2D eigenvalue weighted by Crippen LogP contribution is -2.52. The second kappa shape index (κ2) is 8.47. The third-order valence-electron chi connectivity index (χ3n) is 8.79. The zero-order valence-electron chi connectivity index (χ0n) is 20.4. The van der Waals surface area contributed by atoms with E-state index in [4.69, 9.17) is 10.00 Å². The first-order chi connectivity index (χ1) is 18.0. The Balaban J connectivity index is 1.11. The van der Waals surface area contributed by atoms with Gasteiger partial charge in [-0.3, -0.25) is 9.89 Å². The van der Waals surface area contributed by atoms with Gasteiger partial charge in [0.15, 0.2) is 11.4 Å². The fourth-order valence-corrected chi connectivity index (χ4v) is 6.45. The highest BCUT2D eigenvalue weighted by Crippen LogP contribution is 2.66. The van der Waals surface area contributed by atoms with Gasteiger partial charge in [-0.2, -0.15) is 20.3 Å². The minimum absolute atomic E-state index is 0.00362. The van der Waals surface area contributed by atoms with Crippen molar-refractivity contribution in [2.45, 2.75) is 50.6 Å². The lowest BCUT2D eigenvalue weighted by atomic mass is 9.43. The fraction of sp³-hybridized carbons (Fsp3) is 0.556. The highest BCUT2D eigenvalue weighted by molar-refractivity contribution is 5.95. The molecule has 1 aliphatic heterocycles. The number of fused-ring (bicyclic) bond motifs is 1. The molecule has 2 bridgehead atoms. The molecule has 5 aliphatic rings. The Morgan fingerprint density at radius 3 is 2.92 bits per heavy atom. The first-order valence-electron chi connectivity index (χ1n) is 13.1. The van der Waals surface area contributed by atoms with Crippen LogP contribution in [0.3, 0.4) is 0 Å². The predicted octanol–water partition coefficient (Wildman–Crippen LogP) is 3.99. The van der Waals surface area contributed by atoms with Crippen molar-refractivity contribution in [3.63, 3.8) is 0 Å². The number of halogens is 1. The Morgan fingerprint density at radius 1 is 1.32 bits per heavy atom. The third-order valence-corrected chi connectivity index (χ3v) is 8.79. The van der Waals surface area contributed by atoms with E-state index < -0.39 is 6.17 Å². The highest BCUT2D eigenvalue weighted by Gasteiger charge is 2.57. The second-order valence-electron chi connectivity index (χ2n) is 11.4. The van der Waals surface area contributed by atoms with Gasteiger partial charge in [-0.25, -0.2) is 9.37 Å². The number of piperidine rings is 1. The lowest BCUT2D eigenvalue weighted by molar-refractivity contribution is -0.103. The molecule has 4 heterocycles. The van der Waals surface area contributed by atoms with Crippen LogP contribution in [-0.2, 0) is 0 Å². The number of carbonyl (C=O) groups excluding carboxylic acids is 1. The van der Waals surface area contributed by atoms with E-state index in [1.54, 1.807) is 12.3 Å². The molecule has 9 nitrogen and oxygen atoms in total. The van der Waals surface area contributed by atoms with Gasteiger partial charge >= 0.3 is 6.01 Å². The molecule has 0 amide bonds. The number of Topliss-reactive ketones (excluding diaryl/α,β-unsaturated/α-hetero) is 1. The van der Waals surface area contributed by atoms with Gasteiger partial charge in [0.05, 0.1) is 30.8 Å². The summed E-state index contributed by atoms with van der Waals surface area (Å²) in [5, 5.41) is 17.2. The standard InChI is InChI=1S/C27H28FN7O2/c28-20-13-35(5-3-18(20)24-19-2-1-4-30-25(19)34-33-24)23-7-21(22(36)11-27-8-15(9-27)10-27)31-26(32-23)37-14-17-6-16(17)12-29/h1-2,4,7,15-18,20H,3,5-6,8-11,13-14H2,(H,30,33,34)/t15?,16-,17+,18?,20?,27?/m0/s1. The van der Waals surface area contributed by atoms with Crippen LogP contribution in [0.1, 0.15) is 60.6 Å². The van der Waals surface area contributed by atoms with Crippen LogP contribution >= 0.6 is 0 Å². The Hall–Kier alpha value is -3.61. The van der Waals surface area contributed by atoms with E-state index in [-0.39, 0.29) is 41.5 Å². The Kier molecular flexibility index (Phi) is 5.17. The molecule has 10 heteroatoms. The topological polar surface area (TPSA) is 121 Å². The number of nitrogens with one attached hydrogen (secondary N) is 1. The number of nitriles is 1. The number of anilines is 1. The van der Waals surface area contributed by atoms with Gasteiger partial charge in [0, 0.05) is 42.5 Å². The van der Waals surface area contributed by atoms with Crippen molar-refractivity contribution < 1.29 is 13.9 Å². The summed E-state index contributed by atoms with van der Waals surface area (Å²) in [6.07, 6.45) is 5.78. The quantitative estimate of drug-likeness (QED) is 0.460. The molecule has 1 saturated heterocycles. The first kappa shape index (κ1) is 22.6. The summed E-state index contributed by atoms with van der Waals surface area (Å²) in [7, 11) is 0. The molecule has 8 rings (SSSR count). The molecule has 4 aliphatic carbocycles. The summed E-state index contributed by atoms with van der Waals surface area (Å²) in [6, 6.07) is 7.82. The van der Waals surface area contributed by atoms with Crippen LogP contribution in [0.4, 0.5) is 10.2 Å². The second-order valence-corrected chi connectivity index (χ2v) is 11.4. The summed E-state index contributed by atoms with van der Waals surface area (Å²) in [5.74, 6) is 1.15. The largest absolute Gasteiger partial charge is 0.463 e. The van der Waals surface area contributed by atoms with Gasteiger partial charge in [-0.1, -0.05) is 0 Å². The summed E-state index contributed by atoms with van der Waals surface area (Å²) in [6.45, 7) is 1.05. The van der Waals surface area contributed by atoms with Crippen molar-refractivity contribution >= 4 is 22.6 Å². The molecule has 0 spiro atoms. The number of aromatic amines is 1. The molecule has 0 aromatic carbocycles. The third kappa shape index (κ3) is 4.01. The summed E-state index contributed by atoms with van der Waals surface area (Å²) < 4.78 is 21.4. The normalized spacial score (nSPS) is 31.8. The Morgan fingerprint density at radius 2 is 2.19 bits per heavy atom. The van der Waals surface area contributed by atoms with Gasteiger partial charge in [0.25, 0.3) is 0 Å². The summed E-state index contributed by atoms with van der Waals surface area (Å²) in [5.41, 5.74) is 1.85. The molecule has 5 fully saturated rings. The van der Waals surface area contributed by atoms with Crippen molar-refractivity contribution in [3.05, 3.63) is 35.8 Å². The predicted molar refractivity (Wildman–Crippen MR) is 132 cm³/mol. The highest BCUT2D eigenvalue weighted by atomic mass is 19.1. The van der Waals surface area contributed by atoms with Crippen molar-refractivity contribution in [1.82, 2.24) is 25.1 Å². The number of alkyl halides is 1. The van der Waals surface area contributed by atoms with Crippen LogP contribution in [0.5, 0.6) is 6.01 Å². The Labute approximate surface area is 213 Å². The maximum Gasteiger partial charge on any atom is 0.319 e. The van der Waals surface area contributed by atoms with E-state index in [0.717, 1.165) is 42.7 Å². The summed E-state index contributed by atoms with van der Waals surface area (Å²) >= 11 is 0. The maximum atomic E-state index is 15.6. The number of ether oxygens (including phenoxy) is 1. The number of ketones is 1.